The Morgan fingerprint density at radius 1 is 1.14 bits per heavy atom. The third-order valence-electron chi connectivity index (χ3n) is 4.10. The molecule has 3 rings (SSSR count). The molecular formula is C19H19N3. The second-order valence-corrected chi connectivity index (χ2v) is 5.86. The van der Waals surface area contributed by atoms with Crippen LogP contribution >= 0.6 is 0 Å². The predicted molar refractivity (Wildman–Crippen MR) is 89.4 cm³/mol. The summed E-state index contributed by atoms with van der Waals surface area (Å²) in [6.45, 7) is 6.82. The second kappa shape index (κ2) is 5.65. The Morgan fingerprint density at radius 3 is 2.64 bits per heavy atom. The van der Waals surface area contributed by atoms with Gasteiger partial charge in [0.1, 0.15) is 5.82 Å². The third kappa shape index (κ3) is 2.48. The molecule has 3 heteroatoms. The fraction of sp³-hybridized carbons (Fsp3) is 0.263. The molecule has 0 radical (unpaired) electrons. The molecule has 1 atom stereocenters. The number of nitriles is 1. The Morgan fingerprint density at radius 2 is 1.91 bits per heavy atom. The van der Waals surface area contributed by atoms with E-state index >= 15 is 0 Å². The van der Waals surface area contributed by atoms with Crippen LogP contribution in [0.25, 0.3) is 22.4 Å². The Kier molecular flexibility index (Phi) is 3.68. The molecule has 0 bridgehead atoms. The van der Waals surface area contributed by atoms with Crippen molar-refractivity contribution in [1.29, 1.82) is 5.26 Å². The lowest BCUT2D eigenvalue weighted by molar-refractivity contribution is 0.597. The van der Waals surface area contributed by atoms with Crippen molar-refractivity contribution in [3.05, 3.63) is 53.6 Å². The lowest BCUT2D eigenvalue weighted by atomic mass is 10.1. The topological polar surface area (TPSA) is 41.6 Å². The van der Waals surface area contributed by atoms with E-state index in [4.69, 9.17) is 10.2 Å². The summed E-state index contributed by atoms with van der Waals surface area (Å²) in [5.41, 5.74) is 5.68. The average Bonchev–Trinajstić information content (AvgIpc) is 2.89. The van der Waals surface area contributed by atoms with Crippen molar-refractivity contribution in [1.82, 2.24) is 9.55 Å². The van der Waals surface area contributed by atoms with Crippen LogP contribution in [0, 0.1) is 31.1 Å². The highest BCUT2D eigenvalue weighted by Crippen LogP contribution is 2.27. The van der Waals surface area contributed by atoms with Gasteiger partial charge < -0.3 is 4.57 Å². The molecule has 0 saturated carbocycles. The predicted octanol–water partition coefficient (Wildman–Crippen LogP) is 4.48. The Balaban J connectivity index is 2.21. The monoisotopic (exact) mass is 289 g/mol. The number of fused-ring (bicyclic) bond motifs is 1. The maximum absolute atomic E-state index is 9.16. The van der Waals surface area contributed by atoms with Gasteiger partial charge in [0.05, 0.1) is 23.0 Å². The van der Waals surface area contributed by atoms with E-state index in [0.29, 0.717) is 6.54 Å². The summed E-state index contributed by atoms with van der Waals surface area (Å²) < 4.78 is 2.16. The van der Waals surface area contributed by atoms with Crippen molar-refractivity contribution in [3.63, 3.8) is 0 Å². The maximum atomic E-state index is 9.16. The summed E-state index contributed by atoms with van der Waals surface area (Å²) in [5, 5.41) is 9.16. The smallest absolute Gasteiger partial charge is 0.141 e. The zero-order valence-electron chi connectivity index (χ0n) is 13.2. The van der Waals surface area contributed by atoms with Gasteiger partial charge in [0, 0.05) is 12.1 Å². The number of benzene rings is 2. The SMILES string of the molecule is Cc1ccc(-c2nc3ccccc3n2CC(C)C#N)cc1C. The first kappa shape index (κ1) is 14.3. The number of hydrogen-bond donors (Lipinski definition) is 0. The number of aryl methyl sites for hydroxylation is 2. The van der Waals surface area contributed by atoms with E-state index in [0.717, 1.165) is 22.4 Å². The molecule has 2 aromatic carbocycles. The average molecular weight is 289 g/mol. The van der Waals surface area contributed by atoms with Gasteiger partial charge in [0.2, 0.25) is 0 Å². The standard InChI is InChI=1S/C19H19N3/c1-13(11-20)12-22-18-7-5-4-6-17(18)21-19(22)16-9-8-14(2)15(3)10-16/h4-10,13H,12H2,1-3H3. The molecule has 22 heavy (non-hydrogen) atoms. The molecule has 0 N–H and O–H groups in total. The summed E-state index contributed by atoms with van der Waals surface area (Å²) in [6, 6.07) is 16.8. The van der Waals surface area contributed by atoms with Gasteiger partial charge in [-0.2, -0.15) is 5.26 Å². The third-order valence-corrected chi connectivity index (χ3v) is 4.10. The Hall–Kier alpha value is -2.60. The molecule has 0 aliphatic carbocycles. The van der Waals surface area contributed by atoms with E-state index in [1.54, 1.807) is 0 Å². The molecule has 3 aromatic rings. The number of imidazole rings is 1. The molecule has 1 unspecified atom stereocenters. The first-order chi connectivity index (χ1) is 10.6. The summed E-state index contributed by atoms with van der Waals surface area (Å²) in [6.07, 6.45) is 0. The minimum absolute atomic E-state index is 0.0529. The molecule has 0 amide bonds. The van der Waals surface area contributed by atoms with E-state index in [-0.39, 0.29) is 5.92 Å². The highest BCUT2D eigenvalue weighted by atomic mass is 15.1. The molecular weight excluding hydrogens is 270 g/mol. The minimum Gasteiger partial charge on any atom is -0.323 e. The maximum Gasteiger partial charge on any atom is 0.141 e. The van der Waals surface area contributed by atoms with E-state index < -0.39 is 0 Å². The normalized spacial score (nSPS) is 12.3. The number of rotatable bonds is 3. The summed E-state index contributed by atoms with van der Waals surface area (Å²) in [5.74, 6) is 0.884. The first-order valence-electron chi connectivity index (χ1n) is 7.52. The molecule has 0 spiro atoms. The minimum atomic E-state index is -0.0529. The van der Waals surface area contributed by atoms with Gasteiger partial charge >= 0.3 is 0 Å². The van der Waals surface area contributed by atoms with Crippen LogP contribution in [0.15, 0.2) is 42.5 Å². The quantitative estimate of drug-likeness (QED) is 0.713. The zero-order valence-corrected chi connectivity index (χ0v) is 13.2. The van der Waals surface area contributed by atoms with Crippen LogP contribution in [0.2, 0.25) is 0 Å². The van der Waals surface area contributed by atoms with E-state index in [9.17, 15) is 0 Å². The van der Waals surface area contributed by atoms with Crippen LogP contribution in [0.1, 0.15) is 18.1 Å². The summed E-state index contributed by atoms with van der Waals surface area (Å²) in [7, 11) is 0. The number of hydrogen-bond acceptors (Lipinski definition) is 2. The van der Waals surface area contributed by atoms with Crippen molar-refractivity contribution in [2.24, 2.45) is 5.92 Å². The molecule has 0 aliphatic rings. The molecule has 3 nitrogen and oxygen atoms in total. The number of para-hydroxylation sites is 2. The molecule has 110 valence electrons. The lowest BCUT2D eigenvalue weighted by Gasteiger charge is -2.11. The van der Waals surface area contributed by atoms with Crippen molar-refractivity contribution >= 4 is 11.0 Å². The Bertz CT molecular complexity index is 868. The van der Waals surface area contributed by atoms with E-state index in [1.807, 2.05) is 25.1 Å². The molecule has 0 fully saturated rings. The van der Waals surface area contributed by atoms with E-state index in [2.05, 4.69) is 48.7 Å². The van der Waals surface area contributed by atoms with Gasteiger partial charge in [0.15, 0.2) is 0 Å². The number of aromatic nitrogens is 2. The van der Waals surface area contributed by atoms with Gasteiger partial charge in [-0.05, 0) is 50.1 Å². The zero-order chi connectivity index (χ0) is 15.7. The highest BCUT2D eigenvalue weighted by Gasteiger charge is 2.14. The fourth-order valence-electron chi connectivity index (χ4n) is 2.68. The van der Waals surface area contributed by atoms with Crippen LogP contribution in [0.4, 0.5) is 0 Å². The fourth-order valence-corrected chi connectivity index (χ4v) is 2.68. The van der Waals surface area contributed by atoms with Gasteiger partial charge in [0.25, 0.3) is 0 Å². The van der Waals surface area contributed by atoms with Crippen molar-refractivity contribution in [2.45, 2.75) is 27.3 Å². The summed E-state index contributed by atoms with van der Waals surface area (Å²) >= 11 is 0. The van der Waals surface area contributed by atoms with Gasteiger partial charge in [-0.1, -0.05) is 24.3 Å². The van der Waals surface area contributed by atoms with Gasteiger partial charge in [-0.3, -0.25) is 0 Å². The van der Waals surface area contributed by atoms with Crippen LogP contribution in [-0.4, -0.2) is 9.55 Å². The number of nitrogens with zero attached hydrogens (tertiary/aromatic N) is 3. The van der Waals surface area contributed by atoms with Crippen LogP contribution < -0.4 is 0 Å². The molecule has 1 aromatic heterocycles. The lowest BCUT2D eigenvalue weighted by Crippen LogP contribution is -2.07. The van der Waals surface area contributed by atoms with Crippen molar-refractivity contribution in [2.75, 3.05) is 0 Å². The first-order valence-corrected chi connectivity index (χ1v) is 7.52. The largest absolute Gasteiger partial charge is 0.323 e. The molecule has 0 saturated heterocycles. The van der Waals surface area contributed by atoms with Crippen LogP contribution in [-0.2, 0) is 6.54 Å². The van der Waals surface area contributed by atoms with Crippen LogP contribution in [0.3, 0.4) is 0 Å². The second-order valence-electron chi connectivity index (χ2n) is 5.86. The molecule has 0 aliphatic heterocycles. The Labute approximate surface area is 130 Å². The van der Waals surface area contributed by atoms with Gasteiger partial charge in [-0.25, -0.2) is 4.98 Å². The van der Waals surface area contributed by atoms with Gasteiger partial charge in [-0.15, -0.1) is 0 Å². The van der Waals surface area contributed by atoms with Crippen molar-refractivity contribution < 1.29 is 0 Å². The highest BCUT2D eigenvalue weighted by molar-refractivity contribution is 5.80. The summed E-state index contributed by atoms with van der Waals surface area (Å²) in [4.78, 5) is 4.79. The molecule has 1 heterocycles. The van der Waals surface area contributed by atoms with Crippen LogP contribution in [0.5, 0.6) is 0 Å². The van der Waals surface area contributed by atoms with Crippen molar-refractivity contribution in [3.8, 4) is 17.5 Å². The van der Waals surface area contributed by atoms with E-state index in [1.165, 1.54) is 11.1 Å².